The van der Waals surface area contributed by atoms with Crippen LogP contribution in [-0.2, 0) is 9.57 Å². The van der Waals surface area contributed by atoms with E-state index in [2.05, 4.69) is 0 Å². The van der Waals surface area contributed by atoms with Gasteiger partial charge in [-0.25, -0.2) is 9.90 Å². The van der Waals surface area contributed by atoms with Crippen LogP contribution in [0, 0.1) is 0 Å². The summed E-state index contributed by atoms with van der Waals surface area (Å²) in [6.07, 6.45) is 0.386. The average molecular weight is 221 g/mol. The molecule has 4 heteroatoms. The van der Waals surface area contributed by atoms with Crippen LogP contribution in [0.25, 0.3) is 0 Å². The van der Waals surface area contributed by atoms with Gasteiger partial charge in [-0.1, -0.05) is 18.2 Å². The number of hydroxylamine groups is 2. The van der Waals surface area contributed by atoms with Gasteiger partial charge < -0.3 is 4.74 Å². The lowest BCUT2D eigenvalue weighted by Gasteiger charge is -2.19. The molecule has 0 spiro atoms. The number of hydrogen-bond donors (Lipinski definition) is 0. The molecule has 1 fully saturated rings. The van der Waals surface area contributed by atoms with Crippen molar-refractivity contribution in [1.29, 1.82) is 0 Å². The SMILES string of the molecule is CO[C@H]1C[C@H](C)N(C(=O)c2ccccc2)O1. The predicted octanol–water partition coefficient (Wildman–Crippen LogP) is 1.83. The Labute approximate surface area is 94.7 Å². The van der Waals surface area contributed by atoms with Crippen LogP contribution in [0.4, 0.5) is 0 Å². The number of carbonyl (C=O) groups excluding carboxylic acids is 1. The molecule has 86 valence electrons. The highest BCUT2D eigenvalue weighted by Crippen LogP contribution is 2.23. The smallest absolute Gasteiger partial charge is 0.277 e. The third-order valence-corrected chi connectivity index (χ3v) is 2.65. The van der Waals surface area contributed by atoms with Crippen LogP contribution in [0.15, 0.2) is 30.3 Å². The number of benzene rings is 1. The summed E-state index contributed by atoms with van der Waals surface area (Å²) in [6, 6.07) is 9.14. The molecular weight excluding hydrogens is 206 g/mol. The van der Waals surface area contributed by atoms with Crippen LogP contribution < -0.4 is 0 Å². The molecule has 1 heterocycles. The lowest BCUT2D eigenvalue weighted by atomic mass is 10.2. The van der Waals surface area contributed by atoms with Gasteiger partial charge in [-0.3, -0.25) is 4.79 Å². The molecule has 1 aromatic rings. The van der Waals surface area contributed by atoms with Crippen LogP contribution in [0.5, 0.6) is 0 Å². The number of amides is 1. The molecule has 2 atom stereocenters. The van der Waals surface area contributed by atoms with Gasteiger partial charge in [0.15, 0.2) is 6.29 Å². The third-order valence-electron chi connectivity index (χ3n) is 2.65. The molecule has 0 saturated carbocycles. The summed E-state index contributed by atoms with van der Waals surface area (Å²) in [5.74, 6) is -0.118. The van der Waals surface area contributed by atoms with E-state index >= 15 is 0 Å². The summed E-state index contributed by atoms with van der Waals surface area (Å²) < 4.78 is 5.08. The molecule has 2 rings (SSSR count). The van der Waals surface area contributed by atoms with Crippen LogP contribution in [0.1, 0.15) is 23.7 Å². The quantitative estimate of drug-likeness (QED) is 0.764. The first-order valence-corrected chi connectivity index (χ1v) is 5.30. The highest BCUT2D eigenvalue weighted by molar-refractivity contribution is 5.93. The van der Waals surface area contributed by atoms with Gasteiger partial charge in [-0.15, -0.1) is 0 Å². The zero-order valence-corrected chi connectivity index (χ0v) is 9.42. The number of ether oxygens (including phenoxy) is 1. The molecular formula is C12H15NO3. The minimum Gasteiger partial charge on any atom is -0.353 e. The highest BCUT2D eigenvalue weighted by Gasteiger charge is 2.34. The Morgan fingerprint density at radius 1 is 1.44 bits per heavy atom. The van der Waals surface area contributed by atoms with E-state index in [4.69, 9.17) is 9.57 Å². The molecule has 0 bridgehead atoms. The second-order valence-electron chi connectivity index (χ2n) is 3.85. The van der Waals surface area contributed by atoms with Gasteiger partial charge in [0.2, 0.25) is 0 Å². The minimum atomic E-state index is -0.317. The monoisotopic (exact) mass is 221 g/mol. The lowest BCUT2D eigenvalue weighted by Crippen LogP contribution is -2.32. The van der Waals surface area contributed by atoms with E-state index in [-0.39, 0.29) is 18.2 Å². The minimum absolute atomic E-state index is 0.0395. The van der Waals surface area contributed by atoms with Crippen LogP contribution in [0.2, 0.25) is 0 Å². The summed E-state index contributed by atoms with van der Waals surface area (Å²) >= 11 is 0. The first kappa shape index (κ1) is 11.1. The molecule has 1 saturated heterocycles. The van der Waals surface area contributed by atoms with E-state index in [9.17, 15) is 4.79 Å². The Morgan fingerprint density at radius 3 is 2.69 bits per heavy atom. The fourth-order valence-corrected chi connectivity index (χ4v) is 1.74. The normalized spacial score (nSPS) is 24.8. The summed E-state index contributed by atoms with van der Waals surface area (Å²) in [6.45, 7) is 1.94. The van der Waals surface area contributed by atoms with E-state index in [0.717, 1.165) is 0 Å². The number of methoxy groups -OCH3 is 1. The standard InChI is InChI=1S/C12H15NO3/c1-9-8-11(15-2)16-13(9)12(14)10-6-4-3-5-7-10/h3-7,9,11H,8H2,1-2H3/t9-,11+/m0/s1. The highest BCUT2D eigenvalue weighted by atomic mass is 16.8. The molecule has 0 radical (unpaired) electrons. The molecule has 0 unspecified atom stereocenters. The number of hydrogen-bond acceptors (Lipinski definition) is 3. The Bertz CT molecular complexity index is 366. The first-order valence-electron chi connectivity index (χ1n) is 5.30. The van der Waals surface area contributed by atoms with Crippen molar-refractivity contribution in [2.24, 2.45) is 0 Å². The molecule has 16 heavy (non-hydrogen) atoms. The van der Waals surface area contributed by atoms with Crippen LogP contribution in [0.3, 0.4) is 0 Å². The van der Waals surface area contributed by atoms with Crippen molar-refractivity contribution in [3.05, 3.63) is 35.9 Å². The van der Waals surface area contributed by atoms with Gasteiger partial charge in [-0.05, 0) is 19.1 Å². The number of rotatable bonds is 2. The predicted molar refractivity (Wildman–Crippen MR) is 58.6 cm³/mol. The first-order chi connectivity index (χ1) is 7.72. The van der Waals surface area contributed by atoms with Crippen molar-refractivity contribution in [1.82, 2.24) is 5.06 Å². The Hall–Kier alpha value is -1.39. The average Bonchev–Trinajstić information content (AvgIpc) is 2.71. The maximum Gasteiger partial charge on any atom is 0.277 e. The van der Waals surface area contributed by atoms with E-state index in [1.165, 1.54) is 5.06 Å². The Morgan fingerprint density at radius 2 is 2.12 bits per heavy atom. The summed E-state index contributed by atoms with van der Waals surface area (Å²) in [4.78, 5) is 17.5. The number of nitrogens with zero attached hydrogens (tertiary/aromatic N) is 1. The lowest BCUT2D eigenvalue weighted by molar-refractivity contribution is -0.204. The maximum absolute atomic E-state index is 12.1. The zero-order chi connectivity index (χ0) is 11.5. The van der Waals surface area contributed by atoms with Crippen molar-refractivity contribution >= 4 is 5.91 Å². The van der Waals surface area contributed by atoms with Crippen molar-refractivity contribution < 1.29 is 14.4 Å². The van der Waals surface area contributed by atoms with E-state index in [1.54, 1.807) is 19.2 Å². The second-order valence-corrected chi connectivity index (χ2v) is 3.85. The van der Waals surface area contributed by atoms with Gasteiger partial charge in [0.25, 0.3) is 5.91 Å². The molecule has 1 aliphatic rings. The molecule has 0 N–H and O–H groups in total. The third kappa shape index (κ3) is 2.08. The summed E-state index contributed by atoms with van der Waals surface area (Å²) in [5, 5.41) is 1.39. The van der Waals surface area contributed by atoms with E-state index in [1.807, 2.05) is 25.1 Å². The largest absolute Gasteiger partial charge is 0.353 e. The Balaban J connectivity index is 2.11. The van der Waals surface area contributed by atoms with Crippen molar-refractivity contribution in [3.63, 3.8) is 0 Å². The molecule has 1 aliphatic heterocycles. The van der Waals surface area contributed by atoms with E-state index in [0.29, 0.717) is 12.0 Å². The van der Waals surface area contributed by atoms with E-state index < -0.39 is 0 Å². The van der Waals surface area contributed by atoms with Gasteiger partial charge in [-0.2, -0.15) is 0 Å². The fourth-order valence-electron chi connectivity index (χ4n) is 1.74. The molecule has 0 aliphatic carbocycles. The van der Waals surface area contributed by atoms with Gasteiger partial charge in [0, 0.05) is 19.1 Å². The molecule has 1 aromatic carbocycles. The van der Waals surface area contributed by atoms with Crippen LogP contribution >= 0.6 is 0 Å². The molecule has 1 amide bonds. The molecule has 4 nitrogen and oxygen atoms in total. The Kier molecular flexibility index (Phi) is 3.22. The second kappa shape index (κ2) is 4.63. The zero-order valence-electron chi connectivity index (χ0n) is 9.42. The van der Waals surface area contributed by atoms with Crippen molar-refractivity contribution in [2.45, 2.75) is 25.7 Å². The van der Waals surface area contributed by atoms with Crippen molar-refractivity contribution in [2.75, 3.05) is 7.11 Å². The maximum atomic E-state index is 12.1. The van der Waals surface area contributed by atoms with Crippen molar-refractivity contribution in [3.8, 4) is 0 Å². The van der Waals surface area contributed by atoms with Gasteiger partial charge >= 0.3 is 0 Å². The topological polar surface area (TPSA) is 38.8 Å². The summed E-state index contributed by atoms with van der Waals surface area (Å²) in [7, 11) is 1.58. The number of carbonyl (C=O) groups is 1. The summed E-state index contributed by atoms with van der Waals surface area (Å²) in [5.41, 5.74) is 0.631. The molecule has 0 aromatic heterocycles. The fraction of sp³-hybridized carbons (Fsp3) is 0.417. The van der Waals surface area contributed by atoms with Gasteiger partial charge in [0.1, 0.15) is 0 Å². The van der Waals surface area contributed by atoms with Crippen LogP contribution in [-0.4, -0.2) is 30.4 Å². The van der Waals surface area contributed by atoms with Gasteiger partial charge in [0.05, 0.1) is 6.04 Å².